The van der Waals surface area contributed by atoms with Gasteiger partial charge in [0.25, 0.3) is 0 Å². The lowest BCUT2D eigenvalue weighted by Crippen LogP contribution is -2.11. The molecule has 0 fully saturated rings. The predicted octanol–water partition coefficient (Wildman–Crippen LogP) is 1.97. The summed E-state index contributed by atoms with van der Waals surface area (Å²) in [4.78, 5) is 29.2. The molecule has 0 aliphatic heterocycles. The Kier molecular flexibility index (Phi) is 4.90. The average molecular weight is 274 g/mol. The van der Waals surface area contributed by atoms with E-state index in [2.05, 4.69) is 4.52 Å². The molecule has 0 amide bonds. The largest absolute Gasteiger partial charge is 0.524 e. The first-order valence-electron chi connectivity index (χ1n) is 5.31. The van der Waals surface area contributed by atoms with Gasteiger partial charge in [0.2, 0.25) is 0 Å². The minimum absolute atomic E-state index is 0.0125. The third-order valence-corrected chi connectivity index (χ3v) is 2.31. The maximum atomic E-state index is 11.7. The highest BCUT2D eigenvalue weighted by molar-refractivity contribution is 7.46. The van der Waals surface area contributed by atoms with Crippen LogP contribution in [0.5, 0.6) is 5.75 Å². The number of benzene rings is 1. The zero-order valence-electron chi connectivity index (χ0n) is 10.1. The van der Waals surface area contributed by atoms with Gasteiger partial charge in [-0.25, -0.2) is 9.36 Å². The van der Waals surface area contributed by atoms with Crippen LogP contribution < -0.4 is 4.52 Å². The molecule has 0 atom stereocenters. The third-order valence-electron chi connectivity index (χ3n) is 1.87. The van der Waals surface area contributed by atoms with Crippen molar-refractivity contribution >= 4 is 13.8 Å². The number of hydrogen-bond acceptors (Lipinski definition) is 4. The third kappa shape index (κ3) is 4.87. The molecule has 0 bridgehead atoms. The van der Waals surface area contributed by atoms with Gasteiger partial charge in [-0.1, -0.05) is 26.0 Å². The van der Waals surface area contributed by atoms with Crippen molar-refractivity contribution < 1.29 is 28.4 Å². The van der Waals surface area contributed by atoms with Crippen molar-refractivity contribution in [2.75, 3.05) is 6.61 Å². The molecule has 1 aromatic rings. The van der Waals surface area contributed by atoms with Gasteiger partial charge in [-0.05, 0) is 18.1 Å². The number of hydrogen-bond donors (Lipinski definition) is 2. The molecule has 1 rings (SSSR count). The standard InChI is InChI=1S/C11H15O6P/c1-8(2)7-16-11(12)9-5-3-4-6-10(9)17-18(13,14)15/h3-6,8H,7H2,1-2H3,(H2,13,14,15). The highest BCUT2D eigenvalue weighted by atomic mass is 31.2. The molecule has 0 aliphatic rings. The number of phosphoric ester groups is 1. The zero-order valence-corrected chi connectivity index (χ0v) is 11.0. The van der Waals surface area contributed by atoms with E-state index in [1.807, 2.05) is 13.8 Å². The molecular formula is C11H15O6P. The van der Waals surface area contributed by atoms with Gasteiger partial charge < -0.3 is 9.26 Å². The van der Waals surface area contributed by atoms with Crippen molar-refractivity contribution in [3.8, 4) is 5.75 Å². The summed E-state index contributed by atoms with van der Waals surface area (Å²) in [5.74, 6) is -0.698. The van der Waals surface area contributed by atoms with E-state index < -0.39 is 13.8 Å². The lowest BCUT2D eigenvalue weighted by atomic mass is 10.2. The summed E-state index contributed by atoms with van der Waals surface area (Å²) in [5.41, 5.74) is -0.0125. The smallest absolute Gasteiger partial charge is 0.462 e. The Morgan fingerprint density at radius 3 is 2.50 bits per heavy atom. The second-order valence-electron chi connectivity index (χ2n) is 4.07. The highest BCUT2D eigenvalue weighted by Crippen LogP contribution is 2.39. The quantitative estimate of drug-likeness (QED) is 0.630. The van der Waals surface area contributed by atoms with E-state index in [4.69, 9.17) is 14.5 Å². The first-order valence-corrected chi connectivity index (χ1v) is 6.84. The fourth-order valence-corrected chi connectivity index (χ4v) is 1.58. The first kappa shape index (κ1) is 14.7. The topological polar surface area (TPSA) is 93.1 Å². The summed E-state index contributed by atoms with van der Waals surface area (Å²) >= 11 is 0. The minimum atomic E-state index is -4.70. The summed E-state index contributed by atoms with van der Waals surface area (Å²) in [6.07, 6.45) is 0. The van der Waals surface area contributed by atoms with E-state index in [0.29, 0.717) is 0 Å². The van der Waals surface area contributed by atoms with Crippen LogP contribution in [-0.2, 0) is 9.30 Å². The van der Waals surface area contributed by atoms with Crippen LogP contribution >= 0.6 is 7.82 Å². The van der Waals surface area contributed by atoms with Gasteiger partial charge >= 0.3 is 13.8 Å². The van der Waals surface area contributed by atoms with Gasteiger partial charge in [-0.3, -0.25) is 9.79 Å². The van der Waals surface area contributed by atoms with Crippen LogP contribution in [0.3, 0.4) is 0 Å². The Labute approximate surface area is 105 Å². The summed E-state index contributed by atoms with van der Waals surface area (Å²) in [6.45, 7) is 3.99. The lowest BCUT2D eigenvalue weighted by Gasteiger charge is -2.12. The number of para-hydroxylation sites is 1. The van der Waals surface area contributed by atoms with Gasteiger partial charge in [0, 0.05) is 0 Å². The Morgan fingerprint density at radius 2 is 1.94 bits per heavy atom. The van der Waals surface area contributed by atoms with Crippen LogP contribution in [0.2, 0.25) is 0 Å². The van der Waals surface area contributed by atoms with Gasteiger partial charge in [0.05, 0.1) is 6.61 Å². The Balaban J connectivity index is 2.88. The van der Waals surface area contributed by atoms with Crippen molar-refractivity contribution in [1.29, 1.82) is 0 Å². The number of ether oxygens (including phenoxy) is 1. The number of phosphoric acid groups is 1. The summed E-state index contributed by atoms with van der Waals surface area (Å²) < 4.78 is 20.2. The molecule has 0 saturated heterocycles. The number of esters is 1. The molecule has 0 aliphatic carbocycles. The molecule has 7 heteroatoms. The second kappa shape index (κ2) is 6.00. The van der Waals surface area contributed by atoms with Gasteiger partial charge in [-0.2, -0.15) is 0 Å². The summed E-state index contributed by atoms with van der Waals surface area (Å²) in [7, 11) is -4.70. The Hall–Kier alpha value is -1.36. The van der Waals surface area contributed by atoms with Gasteiger partial charge in [-0.15, -0.1) is 0 Å². The van der Waals surface area contributed by atoms with Crippen LogP contribution in [0.15, 0.2) is 24.3 Å². The fourth-order valence-electron chi connectivity index (χ4n) is 1.16. The van der Waals surface area contributed by atoms with Crippen LogP contribution in [0.25, 0.3) is 0 Å². The molecule has 0 heterocycles. The zero-order chi connectivity index (χ0) is 13.8. The SMILES string of the molecule is CC(C)COC(=O)c1ccccc1OP(=O)(O)O. The molecular weight excluding hydrogens is 259 g/mol. The Morgan fingerprint density at radius 1 is 1.33 bits per heavy atom. The predicted molar refractivity (Wildman–Crippen MR) is 64.2 cm³/mol. The molecule has 0 aromatic heterocycles. The van der Waals surface area contributed by atoms with Gasteiger partial charge in [0.1, 0.15) is 11.3 Å². The lowest BCUT2D eigenvalue weighted by molar-refractivity contribution is 0.0456. The van der Waals surface area contributed by atoms with E-state index >= 15 is 0 Å². The fraction of sp³-hybridized carbons (Fsp3) is 0.364. The number of carbonyl (C=O) groups is 1. The van der Waals surface area contributed by atoms with Crippen LogP contribution in [0.4, 0.5) is 0 Å². The maximum absolute atomic E-state index is 11.7. The number of rotatable bonds is 5. The second-order valence-corrected chi connectivity index (χ2v) is 5.23. The molecule has 18 heavy (non-hydrogen) atoms. The summed E-state index contributed by atoms with van der Waals surface area (Å²) in [6, 6.07) is 5.74. The molecule has 100 valence electrons. The monoisotopic (exact) mass is 274 g/mol. The van der Waals surface area contributed by atoms with E-state index in [0.717, 1.165) is 0 Å². The molecule has 6 nitrogen and oxygen atoms in total. The van der Waals surface area contributed by atoms with Crippen molar-refractivity contribution in [3.63, 3.8) is 0 Å². The van der Waals surface area contributed by atoms with Crippen LogP contribution in [-0.4, -0.2) is 22.4 Å². The average Bonchev–Trinajstić information content (AvgIpc) is 2.24. The molecule has 0 radical (unpaired) electrons. The van der Waals surface area contributed by atoms with E-state index in [-0.39, 0.29) is 23.8 Å². The molecule has 0 unspecified atom stereocenters. The molecule has 0 saturated carbocycles. The molecule has 2 N–H and O–H groups in total. The Bertz CT molecular complexity index is 464. The first-order chi connectivity index (χ1) is 8.29. The highest BCUT2D eigenvalue weighted by Gasteiger charge is 2.21. The number of carbonyl (C=O) groups excluding carboxylic acids is 1. The summed E-state index contributed by atoms with van der Waals surface area (Å²) in [5, 5.41) is 0. The molecule has 1 aromatic carbocycles. The van der Waals surface area contributed by atoms with Crippen molar-refractivity contribution in [2.24, 2.45) is 5.92 Å². The van der Waals surface area contributed by atoms with Crippen LogP contribution in [0.1, 0.15) is 24.2 Å². The molecule has 0 spiro atoms. The van der Waals surface area contributed by atoms with E-state index in [9.17, 15) is 9.36 Å². The van der Waals surface area contributed by atoms with Crippen molar-refractivity contribution in [3.05, 3.63) is 29.8 Å². The van der Waals surface area contributed by atoms with Gasteiger partial charge in [0.15, 0.2) is 0 Å². The van der Waals surface area contributed by atoms with E-state index in [1.54, 1.807) is 6.07 Å². The maximum Gasteiger partial charge on any atom is 0.524 e. The van der Waals surface area contributed by atoms with Crippen LogP contribution in [0, 0.1) is 5.92 Å². The van der Waals surface area contributed by atoms with Crippen molar-refractivity contribution in [2.45, 2.75) is 13.8 Å². The van der Waals surface area contributed by atoms with Crippen molar-refractivity contribution in [1.82, 2.24) is 0 Å². The van der Waals surface area contributed by atoms with E-state index in [1.165, 1.54) is 18.2 Å². The minimum Gasteiger partial charge on any atom is -0.462 e. The normalized spacial score (nSPS) is 11.4.